The van der Waals surface area contributed by atoms with Crippen LogP contribution in [-0.4, -0.2) is 21.1 Å². The average Bonchev–Trinajstić information content (AvgIpc) is 3.11. The van der Waals surface area contributed by atoms with Crippen molar-refractivity contribution >= 4 is 17.6 Å². The van der Waals surface area contributed by atoms with Crippen molar-refractivity contribution in [1.82, 2.24) is 9.55 Å². The van der Waals surface area contributed by atoms with Gasteiger partial charge < -0.3 is 10.3 Å². The minimum absolute atomic E-state index is 0.560. The molecule has 2 aromatic rings. The molecule has 110 valence electrons. The number of rotatable bonds is 4. The molecule has 2 N–H and O–H groups in total. The Balaban J connectivity index is 1.70. The van der Waals surface area contributed by atoms with Crippen LogP contribution < -0.4 is 5.73 Å². The van der Waals surface area contributed by atoms with Crippen molar-refractivity contribution in [3.63, 3.8) is 0 Å². The molecule has 1 saturated heterocycles. The second kappa shape index (κ2) is 5.41. The van der Waals surface area contributed by atoms with Gasteiger partial charge in [-0.3, -0.25) is 0 Å². The molecule has 3 nitrogen and oxygen atoms in total. The summed E-state index contributed by atoms with van der Waals surface area (Å²) in [5, 5.41) is 0. The zero-order chi connectivity index (χ0) is 14.2. The molecule has 2 aliphatic rings. The Bertz CT molecular complexity index is 625. The molecule has 1 unspecified atom stereocenters. The van der Waals surface area contributed by atoms with Gasteiger partial charge in [0.15, 0.2) is 0 Å². The molecule has 2 fully saturated rings. The molecule has 4 rings (SSSR count). The van der Waals surface area contributed by atoms with Crippen LogP contribution in [0, 0.1) is 0 Å². The number of hydrogen-bond acceptors (Lipinski definition) is 3. The predicted molar refractivity (Wildman–Crippen MR) is 88.8 cm³/mol. The van der Waals surface area contributed by atoms with E-state index in [1.807, 2.05) is 11.8 Å². The normalized spacial score (nSPS) is 21.8. The van der Waals surface area contributed by atoms with Gasteiger partial charge in [0.25, 0.3) is 0 Å². The highest BCUT2D eigenvalue weighted by atomic mass is 32.2. The predicted octanol–water partition coefficient (Wildman–Crippen LogP) is 3.61. The van der Waals surface area contributed by atoms with Gasteiger partial charge in [0.1, 0.15) is 11.6 Å². The fourth-order valence-electron chi connectivity index (χ4n) is 3.14. The van der Waals surface area contributed by atoms with Gasteiger partial charge in [0.05, 0.1) is 12.2 Å². The Morgan fingerprint density at radius 1 is 1.14 bits per heavy atom. The van der Waals surface area contributed by atoms with Crippen molar-refractivity contribution in [3.05, 3.63) is 47.4 Å². The first kappa shape index (κ1) is 13.3. The largest absolute Gasteiger partial charge is 0.384 e. The van der Waals surface area contributed by atoms with Crippen molar-refractivity contribution < 1.29 is 0 Å². The van der Waals surface area contributed by atoms with E-state index in [1.54, 1.807) is 0 Å². The summed E-state index contributed by atoms with van der Waals surface area (Å²) in [5.41, 5.74) is 8.95. The second-order valence-corrected chi connectivity index (χ2v) is 7.30. The first-order chi connectivity index (χ1) is 10.3. The van der Waals surface area contributed by atoms with Crippen molar-refractivity contribution in [1.29, 1.82) is 0 Å². The number of nitrogens with zero attached hydrogens (tertiary/aromatic N) is 2. The van der Waals surface area contributed by atoms with Crippen molar-refractivity contribution in [2.24, 2.45) is 0 Å². The third-order valence-corrected chi connectivity index (χ3v) is 5.67. The Labute approximate surface area is 129 Å². The van der Waals surface area contributed by atoms with E-state index in [2.05, 4.69) is 34.9 Å². The molecular weight excluding hydrogens is 278 g/mol. The monoisotopic (exact) mass is 299 g/mol. The summed E-state index contributed by atoms with van der Waals surface area (Å²) in [7, 11) is 0. The summed E-state index contributed by atoms with van der Waals surface area (Å²) in [6.07, 6.45) is 3.76. The minimum Gasteiger partial charge on any atom is -0.384 e. The van der Waals surface area contributed by atoms with E-state index in [0.29, 0.717) is 11.8 Å². The molecule has 1 aliphatic heterocycles. The zero-order valence-corrected chi connectivity index (χ0v) is 13.0. The molecule has 4 heteroatoms. The topological polar surface area (TPSA) is 43.8 Å². The van der Waals surface area contributed by atoms with E-state index < -0.39 is 0 Å². The molecule has 1 aliphatic carbocycles. The minimum atomic E-state index is 0.560. The maximum absolute atomic E-state index is 6.49. The van der Waals surface area contributed by atoms with E-state index in [4.69, 9.17) is 10.7 Å². The highest BCUT2D eigenvalue weighted by molar-refractivity contribution is 7.99. The third kappa shape index (κ3) is 2.57. The highest BCUT2D eigenvalue weighted by Gasteiger charge is 2.33. The SMILES string of the molecule is Nc1c(C2CCSC2)nc(C2CC2)n1Cc1ccccc1. The Morgan fingerprint density at radius 2 is 1.95 bits per heavy atom. The van der Waals surface area contributed by atoms with Gasteiger partial charge in [0.2, 0.25) is 0 Å². The van der Waals surface area contributed by atoms with Crippen LogP contribution in [0.4, 0.5) is 5.82 Å². The average molecular weight is 299 g/mol. The second-order valence-electron chi connectivity index (χ2n) is 6.15. The van der Waals surface area contributed by atoms with Gasteiger partial charge in [-0.05, 0) is 30.6 Å². The number of benzene rings is 1. The van der Waals surface area contributed by atoms with Crippen molar-refractivity contribution in [2.75, 3.05) is 17.2 Å². The summed E-state index contributed by atoms with van der Waals surface area (Å²) in [6, 6.07) is 10.6. The van der Waals surface area contributed by atoms with E-state index in [0.717, 1.165) is 18.1 Å². The summed E-state index contributed by atoms with van der Waals surface area (Å²) < 4.78 is 2.27. The number of hydrogen-bond donors (Lipinski definition) is 1. The van der Waals surface area contributed by atoms with E-state index in [1.165, 1.54) is 42.2 Å². The Hall–Kier alpha value is -1.42. The summed E-state index contributed by atoms with van der Waals surface area (Å²) in [4.78, 5) is 4.97. The molecule has 1 saturated carbocycles. The van der Waals surface area contributed by atoms with Gasteiger partial charge in [-0.2, -0.15) is 11.8 Å². The van der Waals surface area contributed by atoms with Crippen LogP contribution in [0.2, 0.25) is 0 Å². The molecule has 1 aromatic carbocycles. The maximum Gasteiger partial charge on any atom is 0.127 e. The molecule has 2 heterocycles. The first-order valence-electron chi connectivity index (χ1n) is 7.80. The Kier molecular flexibility index (Phi) is 3.42. The van der Waals surface area contributed by atoms with Crippen LogP contribution in [0.15, 0.2) is 30.3 Å². The number of imidazole rings is 1. The Morgan fingerprint density at radius 3 is 2.62 bits per heavy atom. The standard InChI is InChI=1S/C17H21N3S/c18-16-15(14-8-9-21-11-14)19-17(13-6-7-13)20(16)10-12-4-2-1-3-5-12/h1-5,13-14H,6-11,18H2. The molecule has 0 bridgehead atoms. The van der Waals surface area contributed by atoms with Crippen LogP contribution in [0.3, 0.4) is 0 Å². The van der Waals surface area contributed by atoms with Gasteiger partial charge in [-0.15, -0.1) is 0 Å². The van der Waals surface area contributed by atoms with Crippen LogP contribution in [-0.2, 0) is 6.54 Å². The van der Waals surface area contributed by atoms with Crippen LogP contribution >= 0.6 is 11.8 Å². The molecule has 1 atom stereocenters. The van der Waals surface area contributed by atoms with Crippen LogP contribution in [0.5, 0.6) is 0 Å². The van der Waals surface area contributed by atoms with Gasteiger partial charge in [-0.1, -0.05) is 30.3 Å². The van der Waals surface area contributed by atoms with E-state index in [9.17, 15) is 0 Å². The smallest absolute Gasteiger partial charge is 0.127 e. The number of aromatic nitrogens is 2. The molecule has 0 amide bonds. The molecule has 21 heavy (non-hydrogen) atoms. The molecule has 0 radical (unpaired) electrons. The first-order valence-corrected chi connectivity index (χ1v) is 8.96. The van der Waals surface area contributed by atoms with E-state index in [-0.39, 0.29) is 0 Å². The van der Waals surface area contributed by atoms with E-state index >= 15 is 0 Å². The van der Waals surface area contributed by atoms with Crippen LogP contribution in [0.25, 0.3) is 0 Å². The van der Waals surface area contributed by atoms with Gasteiger partial charge in [-0.25, -0.2) is 4.98 Å². The molecule has 0 spiro atoms. The highest BCUT2D eigenvalue weighted by Crippen LogP contribution is 2.43. The summed E-state index contributed by atoms with van der Waals surface area (Å²) in [5.74, 6) is 5.75. The molecule has 1 aromatic heterocycles. The van der Waals surface area contributed by atoms with Gasteiger partial charge >= 0.3 is 0 Å². The summed E-state index contributed by atoms with van der Waals surface area (Å²) in [6.45, 7) is 0.853. The lowest BCUT2D eigenvalue weighted by Gasteiger charge is -2.10. The molecular formula is C17H21N3S. The van der Waals surface area contributed by atoms with Gasteiger partial charge in [0, 0.05) is 17.6 Å². The third-order valence-electron chi connectivity index (χ3n) is 4.51. The number of nitrogens with two attached hydrogens (primary N) is 1. The van der Waals surface area contributed by atoms with Crippen molar-refractivity contribution in [2.45, 2.75) is 37.6 Å². The quantitative estimate of drug-likeness (QED) is 0.938. The number of anilines is 1. The fourth-order valence-corrected chi connectivity index (χ4v) is 4.37. The lowest BCUT2D eigenvalue weighted by Crippen LogP contribution is -2.09. The maximum atomic E-state index is 6.49. The summed E-state index contributed by atoms with van der Waals surface area (Å²) >= 11 is 2.02. The zero-order valence-electron chi connectivity index (χ0n) is 12.2. The fraction of sp³-hybridized carbons (Fsp3) is 0.471. The lowest BCUT2D eigenvalue weighted by atomic mass is 10.1. The van der Waals surface area contributed by atoms with Crippen molar-refractivity contribution in [3.8, 4) is 0 Å². The lowest BCUT2D eigenvalue weighted by molar-refractivity contribution is 0.733. The van der Waals surface area contributed by atoms with Crippen LogP contribution in [0.1, 0.15) is 48.2 Å². The number of thioether (sulfide) groups is 1. The number of nitrogen functional groups attached to an aromatic ring is 1.